The predicted molar refractivity (Wildman–Crippen MR) is 115 cm³/mol. The van der Waals surface area contributed by atoms with Gasteiger partial charge < -0.3 is 0 Å². The molecule has 0 radical (unpaired) electrons. The van der Waals surface area contributed by atoms with Gasteiger partial charge >= 0.3 is 0 Å². The fourth-order valence-corrected chi connectivity index (χ4v) is 4.14. The summed E-state index contributed by atoms with van der Waals surface area (Å²) in [5.41, 5.74) is 7.59. The first kappa shape index (κ1) is 21.3. The van der Waals surface area contributed by atoms with E-state index in [9.17, 15) is 4.79 Å². The Bertz CT molecular complexity index is 862. The summed E-state index contributed by atoms with van der Waals surface area (Å²) in [5.74, 6) is -0.528. The van der Waals surface area contributed by atoms with Gasteiger partial charge in [0.2, 0.25) is 0 Å². The lowest BCUT2D eigenvalue weighted by Crippen LogP contribution is -2.26. The quantitative estimate of drug-likeness (QED) is 0.393. The summed E-state index contributed by atoms with van der Waals surface area (Å²) in [6.07, 6.45) is 6.38. The zero-order valence-corrected chi connectivity index (χ0v) is 17.8. The van der Waals surface area contributed by atoms with Gasteiger partial charge in [0.15, 0.2) is 0 Å². The number of likely N-dealkylation sites (tertiary alicyclic amines) is 1. The highest BCUT2D eigenvalue weighted by atomic mass is 16.5. The molecule has 1 aliphatic heterocycles. The number of aromatic nitrogens is 2. The number of hydroxylamine groups is 1. The first-order valence-corrected chi connectivity index (χ1v) is 10.3. The number of benzene rings is 1. The Hall–Kier alpha value is -2.44. The summed E-state index contributed by atoms with van der Waals surface area (Å²) < 4.78 is 0. The third-order valence-electron chi connectivity index (χ3n) is 5.66. The second-order valence-corrected chi connectivity index (χ2v) is 8.85. The molecule has 1 aromatic heterocycles. The van der Waals surface area contributed by atoms with E-state index in [2.05, 4.69) is 54.9 Å². The molecule has 156 valence electrons. The van der Waals surface area contributed by atoms with Gasteiger partial charge in [-0.05, 0) is 55.5 Å². The lowest BCUT2D eigenvalue weighted by molar-refractivity contribution is -0.124. The molecule has 1 unspecified atom stereocenters. The van der Waals surface area contributed by atoms with Crippen LogP contribution in [0.1, 0.15) is 67.7 Å². The third kappa shape index (κ3) is 5.14. The maximum absolute atomic E-state index is 11.1. The molecule has 1 aliphatic rings. The van der Waals surface area contributed by atoms with Crippen LogP contribution >= 0.6 is 0 Å². The Kier molecular flexibility index (Phi) is 6.55. The second kappa shape index (κ2) is 8.93. The maximum Gasteiger partial charge on any atom is 0.267 e. The number of nitrogens with zero attached hydrogens (tertiary/aromatic N) is 2. The summed E-state index contributed by atoms with van der Waals surface area (Å²) in [6, 6.07) is 8.75. The van der Waals surface area contributed by atoms with Crippen molar-refractivity contribution in [3.05, 3.63) is 58.4 Å². The van der Waals surface area contributed by atoms with E-state index in [1.54, 1.807) is 11.6 Å². The van der Waals surface area contributed by atoms with Crippen molar-refractivity contribution in [2.24, 2.45) is 0 Å². The van der Waals surface area contributed by atoms with E-state index in [0.717, 1.165) is 25.1 Å². The van der Waals surface area contributed by atoms with Gasteiger partial charge in [0.1, 0.15) is 0 Å². The Morgan fingerprint density at radius 2 is 2.07 bits per heavy atom. The van der Waals surface area contributed by atoms with Gasteiger partial charge in [0, 0.05) is 29.8 Å². The normalized spacial score (nSPS) is 17.9. The number of carbonyl (C=O) groups excluding carboxylic acids is 1. The molecule has 6 heteroatoms. The topological polar surface area (TPSA) is 81.2 Å². The molecule has 1 aromatic carbocycles. The summed E-state index contributed by atoms with van der Waals surface area (Å²) in [5, 5.41) is 16.3. The van der Waals surface area contributed by atoms with Crippen LogP contribution in [-0.2, 0) is 16.6 Å². The number of hydrogen-bond acceptors (Lipinski definition) is 4. The molecular formula is C23H32N4O2. The average Bonchev–Trinajstić information content (AvgIpc) is 3.31. The van der Waals surface area contributed by atoms with E-state index in [0.29, 0.717) is 6.04 Å². The molecule has 1 fully saturated rings. The average molecular weight is 397 g/mol. The number of hydrogen-bond donors (Lipinski definition) is 3. The van der Waals surface area contributed by atoms with Crippen LogP contribution in [0.2, 0.25) is 0 Å². The van der Waals surface area contributed by atoms with Gasteiger partial charge in [-0.25, -0.2) is 5.48 Å². The van der Waals surface area contributed by atoms with Gasteiger partial charge in [-0.1, -0.05) is 45.0 Å². The number of H-pyrrole nitrogens is 1. The first-order valence-electron chi connectivity index (χ1n) is 10.3. The van der Waals surface area contributed by atoms with Crippen LogP contribution in [0.5, 0.6) is 0 Å². The smallest absolute Gasteiger partial charge is 0.267 e. The Balaban J connectivity index is 1.67. The van der Waals surface area contributed by atoms with Gasteiger partial charge in [0.05, 0.1) is 5.69 Å². The number of carbonyl (C=O) groups is 1. The van der Waals surface area contributed by atoms with Gasteiger partial charge in [-0.2, -0.15) is 5.10 Å². The Morgan fingerprint density at radius 1 is 1.34 bits per heavy atom. The Morgan fingerprint density at radius 3 is 2.72 bits per heavy atom. The monoisotopic (exact) mass is 396 g/mol. The van der Waals surface area contributed by atoms with Crippen LogP contribution in [0, 0.1) is 6.92 Å². The second-order valence-electron chi connectivity index (χ2n) is 8.85. The van der Waals surface area contributed by atoms with Crippen LogP contribution in [0.3, 0.4) is 0 Å². The highest BCUT2D eigenvalue weighted by Gasteiger charge is 2.27. The van der Waals surface area contributed by atoms with Crippen molar-refractivity contribution in [1.29, 1.82) is 0 Å². The fraction of sp³-hybridized carbons (Fsp3) is 0.478. The standard InChI is InChI=1S/C23H32N4O2/c1-16-19(22(25-24-16)23(2,3)4)13-15-27-14-5-6-20(27)18-10-7-17(8-11-18)9-12-21(28)26-29/h7-12,20,29H,5-6,13-15H2,1-4H3,(H,24,25)(H,26,28). The van der Waals surface area contributed by atoms with Crippen molar-refractivity contribution in [3.8, 4) is 0 Å². The van der Waals surface area contributed by atoms with Crippen LogP contribution in [0.15, 0.2) is 30.3 Å². The minimum Gasteiger partial charge on any atom is -0.296 e. The van der Waals surface area contributed by atoms with E-state index in [1.165, 1.54) is 41.4 Å². The zero-order valence-electron chi connectivity index (χ0n) is 17.8. The van der Waals surface area contributed by atoms with Crippen LogP contribution < -0.4 is 5.48 Å². The molecule has 3 rings (SSSR count). The van der Waals surface area contributed by atoms with Gasteiger partial charge in [-0.15, -0.1) is 0 Å². The van der Waals surface area contributed by atoms with Crippen molar-refractivity contribution < 1.29 is 10.0 Å². The fourth-order valence-electron chi connectivity index (χ4n) is 4.14. The van der Waals surface area contributed by atoms with E-state index in [-0.39, 0.29) is 5.41 Å². The van der Waals surface area contributed by atoms with E-state index >= 15 is 0 Å². The van der Waals surface area contributed by atoms with Crippen LogP contribution in [-0.4, -0.2) is 39.3 Å². The van der Waals surface area contributed by atoms with E-state index in [1.807, 2.05) is 12.1 Å². The van der Waals surface area contributed by atoms with E-state index < -0.39 is 5.91 Å². The molecule has 0 bridgehead atoms. The van der Waals surface area contributed by atoms with Gasteiger partial charge in [0.25, 0.3) is 5.91 Å². The maximum atomic E-state index is 11.1. The molecule has 0 aliphatic carbocycles. The third-order valence-corrected chi connectivity index (χ3v) is 5.66. The summed E-state index contributed by atoms with van der Waals surface area (Å²) >= 11 is 0. The molecule has 3 N–H and O–H groups in total. The zero-order chi connectivity index (χ0) is 21.0. The van der Waals surface area contributed by atoms with Crippen molar-refractivity contribution in [1.82, 2.24) is 20.6 Å². The molecule has 2 aromatic rings. The predicted octanol–water partition coefficient (Wildman–Crippen LogP) is 3.91. The van der Waals surface area contributed by atoms with Crippen molar-refractivity contribution in [2.75, 3.05) is 13.1 Å². The number of amides is 1. The molecular weight excluding hydrogens is 364 g/mol. The van der Waals surface area contributed by atoms with Crippen LogP contribution in [0.4, 0.5) is 0 Å². The molecule has 6 nitrogen and oxygen atoms in total. The molecule has 1 atom stereocenters. The van der Waals surface area contributed by atoms with E-state index in [4.69, 9.17) is 5.21 Å². The van der Waals surface area contributed by atoms with Crippen LogP contribution in [0.25, 0.3) is 6.08 Å². The molecule has 0 saturated carbocycles. The minimum absolute atomic E-state index is 0.0424. The molecule has 1 saturated heterocycles. The highest BCUT2D eigenvalue weighted by Crippen LogP contribution is 2.33. The number of aromatic amines is 1. The number of aryl methyl sites for hydroxylation is 1. The molecule has 0 spiro atoms. The number of nitrogens with one attached hydrogen (secondary N) is 2. The molecule has 29 heavy (non-hydrogen) atoms. The summed E-state index contributed by atoms with van der Waals surface area (Å²) in [7, 11) is 0. The van der Waals surface area contributed by atoms with Crippen molar-refractivity contribution in [3.63, 3.8) is 0 Å². The lowest BCUT2D eigenvalue weighted by Gasteiger charge is -2.26. The van der Waals surface area contributed by atoms with Crippen molar-refractivity contribution in [2.45, 2.75) is 58.4 Å². The highest BCUT2D eigenvalue weighted by molar-refractivity contribution is 5.90. The minimum atomic E-state index is -0.528. The van der Waals surface area contributed by atoms with Crippen molar-refractivity contribution >= 4 is 12.0 Å². The largest absolute Gasteiger partial charge is 0.296 e. The lowest BCUT2D eigenvalue weighted by atomic mass is 9.88. The first-order chi connectivity index (χ1) is 13.8. The Labute approximate surface area is 173 Å². The molecule has 2 heterocycles. The summed E-state index contributed by atoms with van der Waals surface area (Å²) in [6.45, 7) is 10.9. The number of rotatable bonds is 6. The molecule has 1 amide bonds. The van der Waals surface area contributed by atoms with Gasteiger partial charge in [-0.3, -0.25) is 20.0 Å². The SMILES string of the molecule is Cc1[nH]nc(C(C)(C)C)c1CCN1CCCC1c1ccc(C=CC(=O)NO)cc1. The summed E-state index contributed by atoms with van der Waals surface area (Å²) in [4.78, 5) is 13.7.